The molecule has 0 N–H and O–H groups in total. The van der Waals surface area contributed by atoms with Gasteiger partial charge in [-0.25, -0.2) is 0 Å². The van der Waals surface area contributed by atoms with Crippen LogP contribution in [0.2, 0.25) is 0 Å². The van der Waals surface area contributed by atoms with Gasteiger partial charge in [0.05, 0.1) is 6.54 Å². The van der Waals surface area contributed by atoms with Gasteiger partial charge in [0, 0.05) is 25.1 Å². The highest BCUT2D eigenvalue weighted by atomic mass is 16.5. The summed E-state index contributed by atoms with van der Waals surface area (Å²) in [5.74, 6) is 1.62. The fourth-order valence-corrected chi connectivity index (χ4v) is 4.23. The summed E-state index contributed by atoms with van der Waals surface area (Å²) in [5, 5.41) is 0. The van der Waals surface area contributed by atoms with E-state index in [-0.39, 0.29) is 0 Å². The van der Waals surface area contributed by atoms with Crippen LogP contribution in [-0.2, 0) is 17.7 Å². The van der Waals surface area contributed by atoms with Crippen molar-refractivity contribution in [2.75, 3.05) is 19.7 Å². The lowest BCUT2D eigenvalue weighted by molar-refractivity contribution is 0.0906. The van der Waals surface area contributed by atoms with Gasteiger partial charge in [0.2, 0.25) is 0 Å². The Labute approximate surface area is 180 Å². The Kier molecular flexibility index (Phi) is 6.66. The molecule has 3 aromatic rings. The molecule has 3 aromatic carbocycles. The molecular formula is C28H31NO. The van der Waals surface area contributed by atoms with E-state index in [0.29, 0.717) is 5.92 Å². The molecule has 1 saturated heterocycles. The van der Waals surface area contributed by atoms with Crippen molar-refractivity contribution in [1.29, 1.82) is 0 Å². The van der Waals surface area contributed by atoms with Gasteiger partial charge in [0.25, 0.3) is 0 Å². The minimum absolute atomic E-state index is 0.505. The van der Waals surface area contributed by atoms with E-state index >= 15 is 0 Å². The van der Waals surface area contributed by atoms with Crippen LogP contribution in [0.4, 0.5) is 0 Å². The molecule has 0 atom stereocenters. The van der Waals surface area contributed by atoms with E-state index in [1.165, 1.54) is 27.8 Å². The molecule has 0 amide bonds. The Morgan fingerprint density at radius 1 is 0.867 bits per heavy atom. The van der Waals surface area contributed by atoms with E-state index < -0.39 is 0 Å². The third-order valence-electron chi connectivity index (χ3n) is 5.80. The summed E-state index contributed by atoms with van der Waals surface area (Å²) in [6.45, 7) is 8.05. The number of benzene rings is 3. The quantitative estimate of drug-likeness (QED) is 0.484. The number of rotatable bonds is 6. The number of allylic oxidation sites excluding steroid dienone is 1. The molecule has 2 nitrogen and oxygen atoms in total. The Morgan fingerprint density at radius 3 is 2.27 bits per heavy atom. The highest BCUT2D eigenvalue weighted by Crippen LogP contribution is 2.30. The average molecular weight is 398 g/mol. The first kappa shape index (κ1) is 20.4. The second-order valence-electron chi connectivity index (χ2n) is 8.34. The van der Waals surface area contributed by atoms with Crippen molar-refractivity contribution >= 4 is 5.57 Å². The van der Waals surface area contributed by atoms with Crippen molar-refractivity contribution in [1.82, 2.24) is 4.90 Å². The fraction of sp³-hybridized carbons (Fsp3) is 0.286. The standard InChI is InChI=1S/C28H31NO/c1-22(2)26-16-10-9-15-25(26)19-27(24-13-7-4-8-14-24)28-21-29(17-18-30-28)20-23-11-5-3-6-12-23/h3-16,22H,17-21H2,1-2H3. The van der Waals surface area contributed by atoms with E-state index in [4.69, 9.17) is 4.74 Å². The first-order chi connectivity index (χ1) is 14.7. The molecule has 0 saturated carbocycles. The molecule has 0 unspecified atom stereocenters. The number of ether oxygens (including phenoxy) is 1. The summed E-state index contributed by atoms with van der Waals surface area (Å²) in [5.41, 5.74) is 6.73. The molecule has 0 aromatic heterocycles. The van der Waals surface area contributed by atoms with Crippen molar-refractivity contribution in [2.24, 2.45) is 0 Å². The monoisotopic (exact) mass is 397 g/mol. The van der Waals surface area contributed by atoms with Crippen molar-refractivity contribution in [3.8, 4) is 0 Å². The van der Waals surface area contributed by atoms with Gasteiger partial charge in [0.1, 0.15) is 12.4 Å². The van der Waals surface area contributed by atoms with Gasteiger partial charge in [-0.1, -0.05) is 98.8 Å². The molecule has 1 aliphatic rings. The summed E-state index contributed by atoms with van der Waals surface area (Å²) in [6, 6.07) is 30.3. The number of morpholine rings is 1. The van der Waals surface area contributed by atoms with E-state index in [2.05, 4.69) is 104 Å². The van der Waals surface area contributed by atoms with Crippen LogP contribution in [0.3, 0.4) is 0 Å². The maximum Gasteiger partial charge on any atom is 0.114 e. The molecular weight excluding hydrogens is 366 g/mol. The molecule has 0 aliphatic carbocycles. The van der Waals surface area contributed by atoms with E-state index in [1.54, 1.807) is 0 Å². The Bertz CT molecular complexity index is 976. The topological polar surface area (TPSA) is 12.5 Å². The van der Waals surface area contributed by atoms with Crippen LogP contribution in [0.1, 0.15) is 42.0 Å². The predicted molar refractivity (Wildman–Crippen MR) is 125 cm³/mol. The van der Waals surface area contributed by atoms with Gasteiger partial charge in [-0.05, 0) is 28.2 Å². The number of nitrogens with zero attached hydrogens (tertiary/aromatic N) is 1. The fourth-order valence-electron chi connectivity index (χ4n) is 4.23. The zero-order valence-electron chi connectivity index (χ0n) is 18.1. The van der Waals surface area contributed by atoms with Gasteiger partial charge in [-0.3, -0.25) is 4.90 Å². The highest BCUT2D eigenvalue weighted by Gasteiger charge is 2.21. The molecule has 0 bridgehead atoms. The minimum atomic E-state index is 0.505. The van der Waals surface area contributed by atoms with Gasteiger partial charge in [0.15, 0.2) is 0 Å². The highest BCUT2D eigenvalue weighted by molar-refractivity contribution is 5.70. The molecule has 4 rings (SSSR count). The zero-order chi connectivity index (χ0) is 20.8. The summed E-state index contributed by atoms with van der Waals surface area (Å²) in [4.78, 5) is 2.49. The van der Waals surface area contributed by atoms with E-state index in [9.17, 15) is 0 Å². The van der Waals surface area contributed by atoms with Crippen LogP contribution in [-0.4, -0.2) is 24.6 Å². The molecule has 1 heterocycles. The molecule has 154 valence electrons. The van der Waals surface area contributed by atoms with Crippen molar-refractivity contribution in [3.63, 3.8) is 0 Å². The predicted octanol–water partition coefficient (Wildman–Crippen LogP) is 6.30. The van der Waals surface area contributed by atoms with Crippen LogP contribution in [0.5, 0.6) is 0 Å². The van der Waals surface area contributed by atoms with Gasteiger partial charge >= 0.3 is 0 Å². The summed E-state index contributed by atoms with van der Waals surface area (Å²) in [7, 11) is 0. The molecule has 1 fully saturated rings. The maximum atomic E-state index is 6.27. The number of hydrogen-bond donors (Lipinski definition) is 0. The van der Waals surface area contributed by atoms with Crippen LogP contribution < -0.4 is 0 Å². The van der Waals surface area contributed by atoms with Gasteiger partial charge in [-0.2, -0.15) is 0 Å². The smallest absolute Gasteiger partial charge is 0.114 e. The lowest BCUT2D eigenvalue weighted by atomic mass is 9.90. The van der Waals surface area contributed by atoms with E-state index in [0.717, 1.165) is 38.4 Å². The third-order valence-corrected chi connectivity index (χ3v) is 5.80. The largest absolute Gasteiger partial charge is 0.495 e. The first-order valence-electron chi connectivity index (χ1n) is 10.9. The zero-order valence-corrected chi connectivity index (χ0v) is 18.1. The van der Waals surface area contributed by atoms with Crippen LogP contribution in [0, 0.1) is 0 Å². The average Bonchev–Trinajstić information content (AvgIpc) is 2.79. The van der Waals surface area contributed by atoms with Crippen molar-refractivity contribution < 1.29 is 4.74 Å². The molecule has 0 spiro atoms. The second-order valence-corrected chi connectivity index (χ2v) is 8.34. The Hall–Kier alpha value is -2.84. The Balaban J connectivity index is 1.66. The van der Waals surface area contributed by atoms with Crippen LogP contribution in [0.25, 0.3) is 5.57 Å². The van der Waals surface area contributed by atoms with Crippen LogP contribution in [0.15, 0.2) is 90.7 Å². The first-order valence-corrected chi connectivity index (χ1v) is 10.9. The SMILES string of the molecule is CC(C)c1ccccc1CC(=C1CN(Cc2ccccc2)CCO1)c1ccccc1. The lowest BCUT2D eigenvalue weighted by Crippen LogP contribution is -2.35. The normalized spacial score (nSPS) is 16.4. The van der Waals surface area contributed by atoms with Crippen LogP contribution >= 0.6 is 0 Å². The maximum absolute atomic E-state index is 6.27. The molecule has 0 radical (unpaired) electrons. The summed E-state index contributed by atoms with van der Waals surface area (Å²) in [6.07, 6.45) is 0.896. The molecule has 2 heteroatoms. The molecule has 1 aliphatic heterocycles. The molecule has 30 heavy (non-hydrogen) atoms. The number of hydrogen-bond acceptors (Lipinski definition) is 2. The second kappa shape index (κ2) is 9.77. The van der Waals surface area contributed by atoms with Crippen molar-refractivity contribution in [2.45, 2.75) is 32.7 Å². The van der Waals surface area contributed by atoms with Crippen molar-refractivity contribution in [3.05, 3.63) is 113 Å². The summed E-state index contributed by atoms with van der Waals surface area (Å²) < 4.78 is 6.27. The third kappa shape index (κ3) is 5.01. The summed E-state index contributed by atoms with van der Waals surface area (Å²) >= 11 is 0. The van der Waals surface area contributed by atoms with E-state index in [1.807, 2.05) is 0 Å². The Morgan fingerprint density at radius 2 is 1.53 bits per heavy atom. The minimum Gasteiger partial charge on any atom is -0.495 e. The van der Waals surface area contributed by atoms with Gasteiger partial charge < -0.3 is 4.74 Å². The lowest BCUT2D eigenvalue weighted by Gasteiger charge is -2.31. The van der Waals surface area contributed by atoms with Gasteiger partial charge in [-0.15, -0.1) is 0 Å².